The molecule has 3 N–H and O–H groups in total. The highest BCUT2D eigenvalue weighted by atomic mass is 16.5. The third-order valence-corrected chi connectivity index (χ3v) is 1.51. The summed E-state index contributed by atoms with van der Waals surface area (Å²) in [5.41, 5.74) is 5.14. The summed E-state index contributed by atoms with van der Waals surface area (Å²) >= 11 is 0. The summed E-state index contributed by atoms with van der Waals surface area (Å²) in [7, 11) is 0. The number of hydrogen-bond acceptors (Lipinski definition) is 4. The van der Waals surface area contributed by atoms with Crippen molar-refractivity contribution in [2.75, 3.05) is 6.61 Å². The van der Waals surface area contributed by atoms with Crippen LogP contribution in [-0.4, -0.2) is 23.6 Å². The Kier molecular flexibility index (Phi) is 3.19. The molecule has 0 aliphatic carbocycles. The van der Waals surface area contributed by atoms with Crippen LogP contribution in [0, 0.1) is 0 Å². The van der Waals surface area contributed by atoms with Gasteiger partial charge in [0.05, 0.1) is 5.56 Å². The summed E-state index contributed by atoms with van der Waals surface area (Å²) in [5.74, 6) is -1.47. The maximum absolute atomic E-state index is 10.9. The number of carbonyl (C=O) groups excluding carboxylic acids is 2. The van der Waals surface area contributed by atoms with Gasteiger partial charge in [0.1, 0.15) is 12.4 Å². The Hall–Kier alpha value is -1.88. The van der Waals surface area contributed by atoms with Gasteiger partial charge in [0, 0.05) is 0 Å². The quantitative estimate of drug-likeness (QED) is 0.511. The second-order valence-corrected chi connectivity index (χ2v) is 2.49. The van der Waals surface area contributed by atoms with E-state index in [1.807, 2.05) is 0 Å². The maximum Gasteiger partial charge on any atom is 0.337 e. The van der Waals surface area contributed by atoms with Gasteiger partial charge in [-0.25, -0.2) is 4.79 Å². The lowest BCUT2D eigenvalue weighted by Gasteiger charge is -2.05. The van der Waals surface area contributed by atoms with E-state index in [0.29, 0.717) is 0 Å². The molecule has 0 spiro atoms. The van der Waals surface area contributed by atoms with Crippen molar-refractivity contribution in [1.29, 1.82) is 0 Å². The van der Waals surface area contributed by atoms with E-state index < -0.39 is 18.5 Å². The van der Waals surface area contributed by atoms with Crippen LogP contribution in [0.1, 0.15) is 10.4 Å². The Morgan fingerprint density at radius 1 is 1.36 bits per heavy atom. The summed E-state index contributed by atoms with van der Waals surface area (Å²) < 4.78 is 4.67. The summed E-state index contributed by atoms with van der Waals surface area (Å²) in [4.78, 5) is 21.6. The number of rotatable bonds is 3. The molecule has 1 rings (SSSR count). The van der Waals surface area contributed by atoms with Crippen molar-refractivity contribution in [3.8, 4) is 5.75 Å². The SMILES string of the molecule is NC(=O)c1ccccc1OC(=O)CO. The largest absolute Gasteiger partial charge is 0.424 e. The van der Waals surface area contributed by atoms with Gasteiger partial charge in [-0.1, -0.05) is 12.1 Å². The molecular weight excluding hydrogens is 186 g/mol. The number of amides is 1. The normalized spacial score (nSPS) is 9.50. The van der Waals surface area contributed by atoms with E-state index in [-0.39, 0.29) is 11.3 Å². The van der Waals surface area contributed by atoms with Crippen molar-refractivity contribution in [3.05, 3.63) is 29.8 Å². The zero-order valence-corrected chi connectivity index (χ0v) is 7.27. The monoisotopic (exact) mass is 195 g/mol. The third kappa shape index (κ3) is 2.30. The van der Waals surface area contributed by atoms with Crippen molar-refractivity contribution in [2.24, 2.45) is 5.73 Å². The molecule has 0 aliphatic rings. The first-order chi connectivity index (χ1) is 6.65. The van der Waals surface area contributed by atoms with Gasteiger partial charge >= 0.3 is 5.97 Å². The van der Waals surface area contributed by atoms with Gasteiger partial charge in [-0.2, -0.15) is 0 Å². The third-order valence-electron chi connectivity index (χ3n) is 1.51. The Bertz CT molecular complexity index is 362. The molecule has 1 aromatic carbocycles. The van der Waals surface area contributed by atoms with Crippen molar-refractivity contribution >= 4 is 11.9 Å². The van der Waals surface area contributed by atoms with E-state index in [2.05, 4.69) is 4.74 Å². The molecule has 0 fully saturated rings. The number of para-hydroxylation sites is 1. The molecule has 1 amide bonds. The molecule has 0 aromatic heterocycles. The van der Waals surface area contributed by atoms with E-state index in [1.54, 1.807) is 12.1 Å². The lowest BCUT2D eigenvalue weighted by Crippen LogP contribution is -2.17. The van der Waals surface area contributed by atoms with Gasteiger partial charge in [-0.05, 0) is 12.1 Å². The molecule has 1 aromatic rings. The fourth-order valence-corrected chi connectivity index (χ4v) is 0.914. The molecule has 0 unspecified atom stereocenters. The van der Waals surface area contributed by atoms with E-state index in [1.165, 1.54) is 12.1 Å². The zero-order valence-electron chi connectivity index (χ0n) is 7.27. The minimum Gasteiger partial charge on any atom is -0.424 e. The summed E-state index contributed by atoms with van der Waals surface area (Å²) in [5, 5.41) is 8.43. The Morgan fingerprint density at radius 2 is 2.00 bits per heavy atom. The van der Waals surface area contributed by atoms with E-state index >= 15 is 0 Å². The molecule has 14 heavy (non-hydrogen) atoms. The number of aliphatic hydroxyl groups is 1. The molecule has 0 aliphatic heterocycles. The summed E-state index contributed by atoms with van der Waals surface area (Å²) in [6.07, 6.45) is 0. The van der Waals surface area contributed by atoms with Crippen LogP contribution in [0.2, 0.25) is 0 Å². The van der Waals surface area contributed by atoms with Crippen molar-refractivity contribution in [1.82, 2.24) is 0 Å². The fraction of sp³-hybridized carbons (Fsp3) is 0.111. The second kappa shape index (κ2) is 4.38. The topological polar surface area (TPSA) is 89.6 Å². The average Bonchev–Trinajstić information content (AvgIpc) is 2.18. The predicted molar refractivity (Wildman–Crippen MR) is 47.7 cm³/mol. The van der Waals surface area contributed by atoms with Gasteiger partial charge in [-0.3, -0.25) is 4.79 Å². The first-order valence-corrected chi connectivity index (χ1v) is 3.85. The molecule has 0 radical (unpaired) electrons. The Balaban J connectivity index is 2.95. The van der Waals surface area contributed by atoms with Crippen molar-refractivity contribution in [2.45, 2.75) is 0 Å². The van der Waals surface area contributed by atoms with E-state index in [0.717, 1.165) is 0 Å². The lowest BCUT2D eigenvalue weighted by molar-refractivity contribution is -0.137. The van der Waals surface area contributed by atoms with Crippen molar-refractivity contribution in [3.63, 3.8) is 0 Å². The lowest BCUT2D eigenvalue weighted by atomic mass is 10.2. The molecule has 0 atom stereocenters. The molecule has 0 heterocycles. The molecule has 74 valence electrons. The van der Waals surface area contributed by atoms with E-state index in [9.17, 15) is 9.59 Å². The molecule has 0 bridgehead atoms. The number of nitrogens with two attached hydrogens (primary N) is 1. The molecule has 5 nitrogen and oxygen atoms in total. The average molecular weight is 195 g/mol. The number of ether oxygens (including phenoxy) is 1. The van der Waals surface area contributed by atoms with Gasteiger partial charge in [0.15, 0.2) is 0 Å². The first-order valence-electron chi connectivity index (χ1n) is 3.85. The van der Waals surface area contributed by atoms with Crippen LogP contribution in [0.15, 0.2) is 24.3 Å². The zero-order chi connectivity index (χ0) is 10.6. The smallest absolute Gasteiger partial charge is 0.337 e. The van der Waals surface area contributed by atoms with Crippen LogP contribution in [0.5, 0.6) is 5.75 Å². The second-order valence-electron chi connectivity index (χ2n) is 2.49. The number of esters is 1. The van der Waals surface area contributed by atoms with Crippen LogP contribution in [0.3, 0.4) is 0 Å². The number of carbonyl (C=O) groups is 2. The highest BCUT2D eigenvalue weighted by Gasteiger charge is 2.11. The molecule has 0 saturated carbocycles. The summed E-state index contributed by atoms with van der Waals surface area (Å²) in [6.45, 7) is -0.743. The fourth-order valence-electron chi connectivity index (χ4n) is 0.914. The molecule has 0 saturated heterocycles. The predicted octanol–water partition coefficient (Wildman–Crippen LogP) is -0.317. The van der Waals surface area contributed by atoms with Crippen LogP contribution in [-0.2, 0) is 4.79 Å². The van der Waals surface area contributed by atoms with Gasteiger partial charge in [0.25, 0.3) is 5.91 Å². The maximum atomic E-state index is 10.9. The van der Waals surface area contributed by atoms with Crippen molar-refractivity contribution < 1.29 is 19.4 Å². The Morgan fingerprint density at radius 3 is 2.57 bits per heavy atom. The standard InChI is InChI=1S/C9H9NO4/c10-9(13)6-3-1-2-4-7(6)14-8(12)5-11/h1-4,11H,5H2,(H2,10,13). The minimum absolute atomic E-state index is 0.0547. The molecular formula is C9H9NO4. The van der Waals surface area contributed by atoms with E-state index in [4.69, 9.17) is 10.8 Å². The number of primary amides is 1. The minimum atomic E-state index is -0.835. The highest BCUT2D eigenvalue weighted by molar-refractivity contribution is 5.96. The van der Waals surface area contributed by atoms with Gasteiger partial charge in [-0.15, -0.1) is 0 Å². The Labute approximate surface area is 80.1 Å². The van der Waals surface area contributed by atoms with Crippen LogP contribution >= 0.6 is 0 Å². The summed E-state index contributed by atoms with van der Waals surface area (Å²) in [6, 6.07) is 6.04. The molecule has 5 heteroatoms. The van der Waals surface area contributed by atoms with Crippen LogP contribution in [0.4, 0.5) is 0 Å². The highest BCUT2D eigenvalue weighted by Crippen LogP contribution is 2.16. The number of benzene rings is 1. The van der Waals surface area contributed by atoms with Gasteiger partial charge < -0.3 is 15.6 Å². The van der Waals surface area contributed by atoms with Crippen LogP contribution in [0.25, 0.3) is 0 Å². The first kappa shape index (κ1) is 10.2. The number of aliphatic hydroxyl groups excluding tert-OH is 1. The van der Waals surface area contributed by atoms with Gasteiger partial charge in [0.2, 0.25) is 0 Å². The van der Waals surface area contributed by atoms with Crippen LogP contribution < -0.4 is 10.5 Å². The number of hydrogen-bond donors (Lipinski definition) is 2.